The van der Waals surface area contributed by atoms with E-state index in [1.165, 1.54) is 5.52 Å². The van der Waals surface area contributed by atoms with Crippen LogP contribution in [0.5, 0.6) is 0 Å². The Morgan fingerprint density at radius 2 is 2.07 bits per heavy atom. The Hall–Kier alpha value is -0.710. The molecular formula is C11H13IN2. The van der Waals surface area contributed by atoms with Crippen molar-refractivity contribution in [3.8, 4) is 0 Å². The summed E-state index contributed by atoms with van der Waals surface area (Å²) in [5.41, 5.74) is 2.28. The molecule has 0 aliphatic carbocycles. The van der Waals surface area contributed by atoms with Gasteiger partial charge in [0.15, 0.2) is 6.20 Å². The number of rotatable bonds is 2. The lowest BCUT2D eigenvalue weighted by atomic mass is 10.3. The number of nitrogens with zero attached hydrogens (tertiary/aromatic N) is 2. The summed E-state index contributed by atoms with van der Waals surface area (Å²) >= 11 is 0. The molecule has 1 aromatic carbocycles. The van der Waals surface area contributed by atoms with Crippen molar-refractivity contribution in [2.24, 2.45) is 0 Å². The maximum atomic E-state index is 4.30. The van der Waals surface area contributed by atoms with Gasteiger partial charge >= 0.3 is 0 Å². The van der Waals surface area contributed by atoms with Crippen molar-refractivity contribution in [1.29, 1.82) is 0 Å². The van der Waals surface area contributed by atoms with Crippen LogP contribution in [0.3, 0.4) is 0 Å². The third-order valence-corrected chi connectivity index (χ3v) is 2.12. The minimum absolute atomic E-state index is 0. The first kappa shape index (κ1) is 11.4. The largest absolute Gasteiger partial charge is 1.00 e. The smallest absolute Gasteiger partial charge is 0.231 e. The summed E-state index contributed by atoms with van der Waals surface area (Å²) in [4.78, 5) is 4.30. The third-order valence-electron chi connectivity index (χ3n) is 2.12. The molecule has 0 bridgehead atoms. The SMILES string of the molecule is CCC[n+]1ccnc2ccccc21.[I-]. The summed E-state index contributed by atoms with van der Waals surface area (Å²) in [6.07, 6.45) is 5.04. The Morgan fingerprint density at radius 1 is 1.29 bits per heavy atom. The van der Waals surface area contributed by atoms with Crippen molar-refractivity contribution in [3.05, 3.63) is 36.7 Å². The van der Waals surface area contributed by atoms with Crippen molar-refractivity contribution in [3.63, 3.8) is 0 Å². The lowest BCUT2D eigenvalue weighted by molar-refractivity contribution is -0.671. The third kappa shape index (κ3) is 2.20. The summed E-state index contributed by atoms with van der Waals surface area (Å²) in [6.45, 7) is 3.24. The highest BCUT2D eigenvalue weighted by Gasteiger charge is 2.05. The number of para-hydroxylation sites is 2. The monoisotopic (exact) mass is 300 g/mol. The number of aromatic nitrogens is 2. The van der Waals surface area contributed by atoms with E-state index in [0.717, 1.165) is 18.5 Å². The van der Waals surface area contributed by atoms with Crippen LogP contribution >= 0.6 is 0 Å². The Kier molecular flexibility index (Phi) is 4.25. The van der Waals surface area contributed by atoms with Gasteiger partial charge in [-0.05, 0) is 6.07 Å². The minimum atomic E-state index is 0. The molecular weight excluding hydrogens is 287 g/mol. The van der Waals surface area contributed by atoms with Gasteiger partial charge in [-0.3, -0.25) is 0 Å². The molecule has 2 nitrogen and oxygen atoms in total. The van der Waals surface area contributed by atoms with Gasteiger partial charge in [0.05, 0.1) is 6.20 Å². The zero-order chi connectivity index (χ0) is 9.10. The molecule has 0 aliphatic heterocycles. The van der Waals surface area contributed by atoms with Crippen LogP contribution in [-0.4, -0.2) is 4.98 Å². The fourth-order valence-electron chi connectivity index (χ4n) is 1.53. The molecule has 74 valence electrons. The molecule has 0 aliphatic rings. The second kappa shape index (κ2) is 5.24. The van der Waals surface area contributed by atoms with Gasteiger partial charge in [-0.1, -0.05) is 19.1 Å². The number of hydrogen-bond acceptors (Lipinski definition) is 1. The number of hydrogen-bond donors (Lipinski definition) is 0. The Balaban J connectivity index is 0.000000980. The van der Waals surface area contributed by atoms with E-state index in [1.807, 2.05) is 24.5 Å². The van der Waals surface area contributed by atoms with E-state index >= 15 is 0 Å². The first-order valence-electron chi connectivity index (χ1n) is 4.65. The second-order valence-corrected chi connectivity index (χ2v) is 3.11. The zero-order valence-corrected chi connectivity index (χ0v) is 10.3. The topological polar surface area (TPSA) is 16.8 Å². The van der Waals surface area contributed by atoms with E-state index in [0.29, 0.717) is 0 Å². The first-order valence-corrected chi connectivity index (χ1v) is 4.65. The van der Waals surface area contributed by atoms with Crippen LogP contribution in [0.1, 0.15) is 13.3 Å². The summed E-state index contributed by atoms with van der Waals surface area (Å²) in [5, 5.41) is 0. The van der Waals surface area contributed by atoms with E-state index in [2.05, 4.69) is 28.6 Å². The van der Waals surface area contributed by atoms with E-state index < -0.39 is 0 Å². The molecule has 0 spiro atoms. The molecule has 3 heteroatoms. The molecule has 1 heterocycles. The van der Waals surface area contributed by atoms with Crippen LogP contribution in [0.25, 0.3) is 11.0 Å². The van der Waals surface area contributed by atoms with E-state index in [9.17, 15) is 0 Å². The van der Waals surface area contributed by atoms with E-state index in [-0.39, 0.29) is 24.0 Å². The van der Waals surface area contributed by atoms with E-state index in [4.69, 9.17) is 0 Å². The Bertz CT molecular complexity index is 409. The van der Waals surface area contributed by atoms with Gasteiger partial charge < -0.3 is 24.0 Å². The van der Waals surface area contributed by atoms with Crippen LogP contribution in [-0.2, 0) is 6.54 Å². The summed E-state index contributed by atoms with van der Waals surface area (Å²) in [7, 11) is 0. The first-order chi connectivity index (χ1) is 6.42. The Labute approximate surface area is 101 Å². The van der Waals surface area contributed by atoms with Gasteiger partial charge in [-0.15, -0.1) is 0 Å². The minimum Gasteiger partial charge on any atom is -1.00 e. The highest BCUT2D eigenvalue weighted by Crippen LogP contribution is 2.04. The molecule has 2 rings (SSSR count). The van der Waals surface area contributed by atoms with Crippen molar-refractivity contribution in [2.75, 3.05) is 0 Å². The van der Waals surface area contributed by atoms with Crippen LogP contribution in [0.2, 0.25) is 0 Å². The Morgan fingerprint density at radius 3 is 2.86 bits per heavy atom. The molecule has 0 amide bonds. The predicted molar refractivity (Wildman–Crippen MR) is 52.2 cm³/mol. The normalized spacial score (nSPS) is 9.79. The molecule has 0 atom stereocenters. The summed E-state index contributed by atoms with van der Waals surface area (Å²) in [5.74, 6) is 0. The molecule has 2 aromatic rings. The number of halogens is 1. The van der Waals surface area contributed by atoms with Crippen molar-refractivity contribution in [2.45, 2.75) is 19.9 Å². The van der Waals surface area contributed by atoms with Gasteiger partial charge in [0.2, 0.25) is 5.52 Å². The highest BCUT2D eigenvalue weighted by molar-refractivity contribution is 5.69. The van der Waals surface area contributed by atoms with Crippen molar-refractivity contribution in [1.82, 2.24) is 4.98 Å². The van der Waals surface area contributed by atoms with Crippen LogP contribution < -0.4 is 28.5 Å². The maximum absolute atomic E-state index is 4.30. The molecule has 0 N–H and O–H groups in total. The number of fused-ring (bicyclic) bond motifs is 1. The van der Waals surface area contributed by atoms with Crippen LogP contribution in [0.4, 0.5) is 0 Å². The summed E-state index contributed by atoms with van der Waals surface area (Å²) in [6, 6.07) is 8.22. The standard InChI is InChI=1S/C11H13N2.HI/c1-2-8-13-9-7-12-10-5-3-4-6-11(10)13;/h3-7,9H,2,8H2,1H3;1H/q+1;/p-1. The van der Waals surface area contributed by atoms with Gasteiger partial charge in [0.25, 0.3) is 0 Å². The molecule has 0 saturated carbocycles. The predicted octanol–water partition coefficient (Wildman–Crippen LogP) is -1.06. The molecule has 0 radical (unpaired) electrons. The number of benzene rings is 1. The van der Waals surface area contributed by atoms with Crippen molar-refractivity contribution < 1.29 is 28.5 Å². The van der Waals surface area contributed by atoms with Crippen LogP contribution in [0, 0.1) is 0 Å². The highest BCUT2D eigenvalue weighted by atomic mass is 127. The van der Waals surface area contributed by atoms with Crippen LogP contribution in [0.15, 0.2) is 36.7 Å². The summed E-state index contributed by atoms with van der Waals surface area (Å²) < 4.78 is 2.24. The van der Waals surface area contributed by atoms with Crippen molar-refractivity contribution >= 4 is 11.0 Å². The maximum Gasteiger partial charge on any atom is 0.231 e. The molecule has 14 heavy (non-hydrogen) atoms. The second-order valence-electron chi connectivity index (χ2n) is 3.11. The van der Waals surface area contributed by atoms with Gasteiger partial charge in [0, 0.05) is 12.5 Å². The average Bonchev–Trinajstić information content (AvgIpc) is 2.19. The number of aryl methyl sites for hydroxylation is 1. The fourth-order valence-corrected chi connectivity index (χ4v) is 1.53. The molecule has 1 aromatic heterocycles. The molecule has 0 unspecified atom stereocenters. The van der Waals surface area contributed by atoms with Gasteiger partial charge in [-0.25, -0.2) is 4.98 Å². The molecule has 0 saturated heterocycles. The average molecular weight is 300 g/mol. The van der Waals surface area contributed by atoms with E-state index in [1.54, 1.807) is 0 Å². The quantitative estimate of drug-likeness (QED) is 0.510. The van der Waals surface area contributed by atoms with Gasteiger partial charge in [0.1, 0.15) is 12.1 Å². The lowest BCUT2D eigenvalue weighted by Gasteiger charge is -1.97. The van der Waals surface area contributed by atoms with Gasteiger partial charge in [-0.2, -0.15) is 4.57 Å². The molecule has 0 fully saturated rings. The lowest BCUT2D eigenvalue weighted by Crippen LogP contribution is -3.00. The zero-order valence-electron chi connectivity index (χ0n) is 8.15. The fraction of sp³-hybridized carbons (Fsp3) is 0.273.